The van der Waals surface area contributed by atoms with Crippen LogP contribution in [-0.4, -0.2) is 52.6 Å². The molecular formula is C20H35N3O3. The lowest BCUT2D eigenvalue weighted by Gasteiger charge is -2.13. The number of nitrogens with zero attached hydrogens (tertiary/aromatic N) is 1. The summed E-state index contributed by atoms with van der Waals surface area (Å²) in [4.78, 5) is 4.69. The van der Waals surface area contributed by atoms with Gasteiger partial charge in [-0.1, -0.05) is 12.1 Å². The molecule has 0 saturated carbocycles. The zero-order valence-electron chi connectivity index (χ0n) is 16.8. The first-order valence-electron chi connectivity index (χ1n) is 9.52. The van der Waals surface area contributed by atoms with Crippen LogP contribution in [-0.2, 0) is 16.0 Å². The largest absolute Gasteiger partial charge is 0.493 e. The third kappa shape index (κ3) is 9.63. The van der Waals surface area contributed by atoms with E-state index in [0.29, 0.717) is 19.8 Å². The normalized spacial score (nSPS) is 11.5. The van der Waals surface area contributed by atoms with Crippen LogP contribution in [0.1, 0.15) is 37.8 Å². The highest BCUT2D eigenvalue weighted by Gasteiger charge is 2.05. The highest BCUT2D eigenvalue weighted by atomic mass is 16.5. The Labute approximate surface area is 158 Å². The maximum atomic E-state index is 5.93. The first-order chi connectivity index (χ1) is 12.7. The maximum absolute atomic E-state index is 5.93. The minimum absolute atomic E-state index is 0.570. The Bertz CT molecular complexity index is 521. The van der Waals surface area contributed by atoms with Crippen molar-refractivity contribution in [2.45, 2.75) is 40.2 Å². The van der Waals surface area contributed by atoms with Gasteiger partial charge >= 0.3 is 0 Å². The lowest BCUT2D eigenvalue weighted by Crippen LogP contribution is -2.38. The Balaban J connectivity index is 2.62. The molecule has 0 aliphatic carbocycles. The van der Waals surface area contributed by atoms with E-state index in [1.165, 1.54) is 5.56 Å². The van der Waals surface area contributed by atoms with E-state index in [1.54, 1.807) is 7.11 Å². The molecule has 148 valence electrons. The molecule has 0 heterocycles. The van der Waals surface area contributed by atoms with Crippen molar-refractivity contribution in [3.63, 3.8) is 0 Å². The van der Waals surface area contributed by atoms with Crippen LogP contribution in [0.5, 0.6) is 5.75 Å². The highest BCUT2D eigenvalue weighted by molar-refractivity contribution is 5.79. The van der Waals surface area contributed by atoms with Crippen LogP contribution in [0.15, 0.2) is 23.2 Å². The van der Waals surface area contributed by atoms with Crippen LogP contribution in [0.4, 0.5) is 0 Å². The van der Waals surface area contributed by atoms with E-state index < -0.39 is 0 Å². The van der Waals surface area contributed by atoms with E-state index in [4.69, 9.17) is 14.2 Å². The standard InChI is InChI=1S/C20H35N3O3/c1-5-21-20(22-11-7-13-25-6-2)23-16-18-10-9-17(3)15-19(18)26-14-8-12-24-4/h9-10,15H,5-8,11-14,16H2,1-4H3,(H2,21,22,23). The molecule has 2 N–H and O–H groups in total. The topological polar surface area (TPSA) is 64.1 Å². The van der Waals surface area contributed by atoms with E-state index in [-0.39, 0.29) is 0 Å². The zero-order chi connectivity index (χ0) is 19.0. The monoisotopic (exact) mass is 365 g/mol. The van der Waals surface area contributed by atoms with Gasteiger partial charge in [-0.25, -0.2) is 4.99 Å². The molecule has 0 fully saturated rings. The van der Waals surface area contributed by atoms with Gasteiger partial charge in [-0.15, -0.1) is 0 Å². The second-order valence-electron chi connectivity index (χ2n) is 5.98. The molecule has 0 atom stereocenters. The van der Waals surface area contributed by atoms with Crippen LogP contribution in [0.25, 0.3) is 0 Å². The van der Waals surface area contributed by atoms with Gasteiger partial charge in [-0.2, -0.15) is 0 Å². The fourth-order valence-corrected chi connectivity index (χ4v) is 2.34. The van der Waals surface area contributed by atoms with Crippen molar-refractivity contribution in [1.82, 2.24) is 10.6 Å². The van der Waals surface area contributed by atoms with Crippen LogP contribution in [0.3, 0.4) is 0 Å². The van der Waals surface area contributed by atoms with Crippen molar-refractivity contribution < 1.29 is 14.2 Å². The molecule has 0 aliphatic rings. The third-order valence-electron chi connectivity index (χ3n) is 3.69. The number of benzene rings is 1. The van der Waals surface area contributed by atoms with Gasteiger partial charge in [-0.05, 0) is 38.8 Å². The van der Waals surface area contributed by atoms with Crippen LogP contribution in [0.2, 0.25) is 0 Å². The van der Waals surface area contributed by atoms with Gasteiger partial charge in [-0.3, -0.25) is 0 Å². The molecular weight excluding hydrogens is 330 g/mol. The van der Waals surface area contributed by atoms with E-state index in [9.17, 15) is 0 Å². The Morgan fingerprint density at radius 2 is 1.92 bits per heavy atom. The second-order valence-corrected chi connectivity index (χ2v) is 5.98. The molecule has 1 aromatic rings. The number of ether oxygens (including phenoxy) is 3. The van der Waals surface area contributed by atoms with E-state index >= 15 is 0 Å². The number of hydrogen-bond donors (Lipinski definition) is 2. The number of hydrogen-bond acceptors (Lipinski definition) is 4. The summed E-state index contributed by atoms with van der Waals surface area (Å²) in [5.41, 5.74) is 2.26. The molecule has 0 unspecified atom stereocenters. The average Bonchev–Trinajstić information content (AvgIpc) is 2.64. The van der Waals surface area contributed by atoms with Crippen molar-refractivity contribution in [1.29, 1.82) is 0 Å². The molecule has 0 bridgehead atoms. The van der Waals surface area contributed by atoms with Crippen LogP contribution in [0, 0.1) is 6.92 Å². The summed E-state index contributed by atoms with van der Waals surface area (Å²) in [6.45, 7) is 11.2. The number of rotatable bonds is 13. The maximum Gasteiger partial charge on any atom is 0.191 e. The number of nitrogens with one attached hydrogen (secondary N) is 2. The SMILES string of the molecule is CCNC(=NCc1ccc(C)cc1OCCCOC)NCCCOCC. The summed E-state index contributed by atoms with van der Waals surface area (Å²) >= 11 is 0. The molecule has 0 saturated heterocycles. The first-order valence-corrected chi connectivity index (χ1v) is 9.52. The predicted octanol–water partition coefficient (Wildman–Crippen LogP) is 2.89. The van der Waals surface area contributed by atoms with Crippen molar-refractivity contribution in [3.05, 3.63) is 29.3 Å². The van der Waals surface area contributed by atoms with Gasteiger partial charge in [0.15, 0.2) is 5.96 Å². The Morgan fingerprint density at radius 3 is 2.65 bits per heavy atom. The quantitative estimate of drug-likeness (QED) is 0.320. The van der Waals surface area contributed by atoms with Gasteiger partial charge < -0.3 is 24.8 Å². The summed E-state index contributed by atoms with van der Waals surface area (Å²) in [7, 11) is 1.70. The van der Waals surface area contributed by atoms with Crippen molar-refractivity contribution in [3.8, 4) is 5.75 Å². The summed E-state index contributed by atoms with van der Waals surface area (Å²) < 4.78 is 16.4. The van der Waals surface area contributed by atoms with Crippen molar-refractivity contribution in [2.24, 2.45) is 4.99 Å². The van der Waals surface area contributed by atoms with Crippen molar-refractivity contribution >= 4 is 5.96 Å². The molecule has 1 aromatic carbocycles. The first kappa shape index (κ1) is 22.3. The van der Waals surface area contributed by atoms with Gasteiger partial charge in [0, 0.05) is 52.0 Å². The minimum atomic E-state index is 0.570. The van der Waals surface area contributed by atoms with Crippen LogP contribution < -0.4 is 15.4 Å². The summed E-state index contributed by atoms with van der Waals surface area (Å²) in [6.07, 6.45) is 1.83. The fraction of sp³-hybridized carbons (Fsp3) is 0.650. The molecule has 6 nitrogen and oxygen atoms in total. The second kappa shape index (κ2) is 14.4. The molecule has 0 radical (unpaired) electrons. The average molecular weight is 366 g/mol. The van der Waals surface area contributed by atoms with E-state index in [2.05, 4.69) is 47.7 Å². The smallest absolute Gasteiger partial charge is 0.191 e. The highest BCUT2D eigenvalue weighted by Crippen LogP contribution is 2.21. The number of methoxy groups -OCH3 is 1. The number of guanidine groups is 1. The Hall–Kier alpha value is -1.79. The number of aryl methyl sites for hydroxylation is 1. The van der Waals surface area contributed by atoms with Crippen molar-refractivity contribution in [2.75, 3.05) is 46.6 Å². The lowest BCUT2D eigenvalue weighted by atomic mass is 10.1. The molecule has 0 amide bonds. The Morgan fingerprint density at radius 1 is 1.08 bits per heavy atom. The van der Waals surface area contributed by atoms with Crippen LogP contribution >= 0.6 is 0 Å². The molecule has 0 spiro atoms. The number of aliphatic imine (C=N–C) groups is 1. The van der Waals surface area contributed by atoms with Gasteiger partial charge in [0.2, 0.25) is 0 Å². The third-order valence-corrected chi connectivity index (χ3v) is 3.69. The fourth-order valence-electron chi connectivity index (χ4n) is 2.34. The molecule has 0 aromatic heterocycles. The zero-order valence-corrected chi connectivity index (χ0v) is 16.8. The summed E-state index contributed by atoms with van der Waals surface area (Å²) in [6, 6.07) is 6.25. The molecule has 1 rings (SSSR count). The summed E-state index contributed by atoms with van der Waals surface area (Å²) in [5, 5.41) is 6.62. The van der Waals surface area contributed by atoms with Gasteiger partial charge in [0.05, 0.1) is 13.2 Å². The lowest BCUT2D eigenvalue weighted by molar-refractivity contribution is 0.145. The minimum Gasteiger partial charge on any atom is -0.493 e. The molecule has 6 heteroatoms. The van der Waals surface area contributed by atoms with Gasteiger partial charge in [0.25, 0.3) is 0 Å². The summed E-state index contributed by atoms with van der Waals surface area (Å²) in [5.74, 6) is 1.71. The predicted molar refractivity (Wildman–Crippen MR) is 107 cm³/mol. The molecule has 0 aliphatic heterocycles. The van der Waals surface area contributed by atoms with Gasteiger partial charge in [0.1, 0.15) is 5.75 Å². The Kier molecular flexibility index (Phi) is 12.3. The van der Waals surface area contributed by atoms with E-state index in [0.717, 1.165) is 56.4 Å². The van der Waals surface area contributed by atoms with E-state index in [1.807, 2.05) is 6.92 Å². The molecule has 26 heavy (non-hydrogen) atoms.